The number of carbonyl (C=O) groups is 1. The Morgan fingerprint density at radius 2 is 2.22 bits per heavy atom. The zero-order chi connectivity index (χ0) is 13.3. The Morgan fingerprint density at radius 3 is 2.72 bits per heavy atom. The van der Waals surface area contributed by atoms with Gasteiger partial charge in [0.2, 0.25) is 5.91 Å². The highest BCUT2D eigenvalue weighted by Crippen LogP contribution is 2.33. The number of benzene rings is 1. The van der Waals surface area contributed by atoms with Crippen LogP contribution in [0.2, 0.25) is 0 Å². The van der Waals surface area contributed by atoms with Gasteiger partial charge in [0.25, 0.3) is 0 Å². The van der Waals surface area contributed by atoms with E-state index in [2.05, 4.69) is 47.8 Å². The summed E-state index contributed by atoms with van der Waals surface area (Å²) in [5.41, 5.74) is 2.17. The predicted octanol–water partition coefficient (Wildman–Crippen LogP) is 3.56. The first-order valence-corrected chi connectivity index (χ1v) is 6.88. The number of carbonyl (C=O) groups excluding carboxylic acids is 1. The average Bonchev–Trinajstić information content (AvgIpc) is 2.70. The van der Waals surface area contributed by atoms with E-state index in [9.17, 15) is 4.79 Å². The number of hydrogen-bond acceptors (Lipinski definition) is 1. The molecule has 1 aliphatic rings. The Hall–Kier alpha value is -1.27. The molecule has 18 heavy (non-hydrogen) atoms. The first kappa shape index (κ1) is 13.2. The van der Waals surface area contributed by atoms with Crippen molar-refractivity contribution in [2.24, 2.45) is 5.92 Å². The van der Waals surface area contributed by atoms with Gasteiger partial charge in [-0.3, -0.25) is 4.79 Å². The molecule has 1 atom stereocenters. The molecule has 94 valence electrons. The van der Waals surface area contributed by atoms with E-state index in [1.54, 1.807) is 4.90 Å². The van der Waals surface area contributed by atoms with E-state index in [1.165, 1.54) is 5.56 Å². The number of anilines is 1. The summed E-state index contributed by atoms with van der Waals surface area (Å²) < 4.78 is 0.958. The summed E-state index contributed by atoms with van der Waals surface area (Å²) >= 11 is 3.55. The molecule has 1 fully saturated rings. The fraction of sp³-hybridized carbons (Fsp3) is 0.400. The standard InChI is InChI=1S/C15H16BrNO/c1-4-11-7-15(18)17(9-11)14-6-5-12(10(2)3)8-13(14)16/h1,5-6,8,10-11H,7,9H2,2-3H3. The number of rotatable bonds is 2. The van der Waals surface area contributed by atoms with Crippen molar-refractivity contribution in [3.05, 3.63) is 28.2 Å². The molecule has 0 aromatic heterocycles. The third kappa shape index (κ3) is 2.44. The van der Waals surface area contributed by atoms with Crippen LogP contribution in [0.3, 0.4) is 0 Å². The lowest BCUT2D eigenvalue weighted by Gasteiger charge is -2.19. The highest BCUT2D eigenvalue weighted by molar-refractivity contribution is 9.10. The first-order valence-electron chi connectivity index (χ1n) is 6.09. The minimum Gasteiger partial charge on any atom is -0.310 e. The summed E-state index contributed by atoms with van der Waals surface area (Å²) in [5.74, 6) is 3.28. The molecular formula is C15H16BrNO. The molecule has 1 aromatic carbocycles. The van der Waals surface area contributed by atoms with Crippen LogP contribution in [0, 0.1) is 18.3 Å². The molecule has 2 nitrogen and oxygen atoms in total. The lowest BCUT2D eigenvalue weighted by atomic mass is 10.0. The zero-order valence-electron chi connectivity index (χ0n) is 10.6. The number of terminal acetylenes is 1. The highest BCUT2D eigenvalue weighted by Gasteiger charge is 2.30. The Kier molecular flexibility index (Phi) is 3.77. The van der Waals surface area contributed by atoms with E-state index in [1.807, 2.05) is 6.07 Å². The van der Waals surface area contributed by atoms with Gasteiger partial charge in [0.05, 0.1) is 5.69 Å². The summed E-state index contributed by atoms with van der Waals surface area (Å²) in [7, 11) is 0. The third-order valence-electron chi connectivity index (χ3n) is 3.29. The maximum Gasteiger partial charge on any atom is 0.228 e. The Bertz CT molecular complexity index is 516. The van der Waals surface area contributed by atoms with Gasteiger partial charge in [0, 0.05) is 23.4 Å². The van der Waals surface area contributed by atoms with E-state index in [4.69, 9.17) is 6.42 Å². The number of nitrogens with zero attached hydrogens (tertiary/aromatic N) is 1. The van der Waals surface area contributed by atoms with E-state index in [0.29, 0.717) is 18.9 Å². The molecule has 1 amide bonds. The molecular weight excluding hydrogens is 290 g/mol. The molecule has 1 saturated heterocycles. The van der Waals surface area contributed by atoms with Gasteiger partial charge in [-0.05, 0) is 39.5 Å². The second kappa shape index (κ2) is 5.16. The molecule has 1 aliphatic heterocycles. The first-order chi connectivity index (χ1) is 8.52. The average molecular weight is 306 g/mol. The third-order valence-corrected chi connectivity index (χ3v) is 3.93. The lowest BCUT2D eigenvalue weighted by molar-refractivity contribution is -0.117. The van der Waals surface area contributed by atoms with Crippen molar-refractivity contribution < 1.29 is 4.79 Å². The molecule has 0 saturated carbocycles. The largest absolute Gasteiger partial charge is 0.310 e. The van der Waals surface area contributed by atoms with E-state index in [0.717, 1.165) is 10.2 Å². The smallest absolute Gasteiger partial charge is 0.228 e. The Morgan fingerprint density at radius 1 is 1.50 bits per heavy atom. The molecule has 1 heterocycles. The van der Waals surface area contributed by atoms with Crippen molar-refractivity contribution in [1.82, 2.24) is 0 Å². The summed E-state index contributed by atoms with van der Waals surface area (Å²) in [6, 6.07) is 6.15. The topological polar surface area (TPSA) is 20.3 Å². The summed E-state index contributed by atoms with van der Waals surface area (Å²) in [5, 5.41) is 0. The lowest BCUT2D eigenvalue weighted by Crippen LogP contribution is -2.24. The van der Waals surface area contributed by atoms with Crippen molar-refractivity contribution in [1.29, 1.82) is 0 Å². The molecule has 0 N–H and O–H groups in total. The van der Waals surface area contributed by atoms with Crippen molar-refractivity contribution in [3.8, 4) is 12.3 Å². The van der Waals surface area contributed by atoms with Crippen LogP contribution in [-0.2, 0) is 4.79 Å². The number of halogens is 1. The van der Waals surface area contributed by atoms with Crippen LogP contribution in [0.5, 0.6) is 0 Å². The van der Waals surface area contributed by atoms with Crippen LogP contribution in [0.4, 0.5) is 5.69 Å². The van der Waals surface area contributed by atoms with Crippen LogP contribution in [-0.4, -0.2) is 12.5 Å². The summed E-state index contributed by atoms with van der Waals surface area (Å²) in [4.78, 5) is 13.7. The number of amides is 1. The van der Waals surface area contributed by atoms with Crippen LogP contribution in [0.1, 0.15) is 31.7 Å². The van der Waals surface area contributed by atoms with Gasteiger partial charge in [0.15, 0.2) is 0 Å². The van der Waals surface area contributed by atoms with Gasteiger partial charge in [-0.2, -0.15) is 0 Å². The second-order valence-corrected chi connectivity index (χ2v) is 5.79. The summed E-state index contributed by atoms with van der Waals surface area (Å²) in [6.45, 7) is 4.92. The fourth-order valence-electron chi connectivity index (χ4n) is 2.15. The quantitative estimate of drug-likeness (QED) is 0.765. The van der Waals surface area contributed by atoms with Gasteiger partial charge in [-0.1, -0.05) is 19.9 Å². The Labute approximate surface area is 116 Å². The maximum absolute atomic E-state index is 11.9. The van der Waals surface area contributed by atoms with Crippen molar-refractivity contribution in [2.45, 2.75) is 26.2 Å². The normalized spacial score (nSPS) is 19.4. The molecule has 0 radical (unpaired) electrons. The van der Waals surface area contributed by atoms with Gasteiger partial charge in [0.1, 0.15) is 0 Å². The van der Waals surface area contributed by atoms with Crippen LogP contribution >= 0.6 is 15.9 Å². The van der Waals surface area contributed by atoms with E-state index >= 15 is 0 Å². The van der Waals surface area contributed by atoms with Crippen molar-refractivity contribution >= 4 is 27.5 Å². The predicted molar refractivity (Wildman–Crippen MR) is 77.5 cm³/mol. The van der Waals surface area contributed by atoms with Crippen LogP contribution < -0.4 is 4.90 Å². The van der Waals surface area contributed by atoms with Crippen LogP contribution in [0.15, 0.2) is 22.7 Å². The van der Waals surface area contributed by atoms with Gasteiger partial charge < -0.3 is 4.90 Å². The minimum absolute atomic E-state index is 0.0363. The highest BCUT2D eigenvalue weighted by atomic mass is 79.9. The molecule has 0 aliphatic carbocycles. The van der Waals surface area contributed by atoms with Crippen molar-refractivity contribution in [2.75, 3.05) is 11.4 Å². The summed E-state index contributed by atoms with van der Waals surface area (Å²) in [6.07, 6.45) is 5.85. The SMILES string of the molecule is C#CC1CC(=O)N(c2ccc(C(C)C)cc2Br)C1. The molecule has 2 rings (SSSR count). The second-order valence-electron chi connectivity index (χ2n) is 4.94. The fourth-order valence-corrected chi connectivity index (χ4v) is 2.76. The number of hydrogen-bond donors (Lipinski definition) is 0. The minimum atomic E-state index is 0.0363. The van der Waals surface area contributed by atoms with Gasteiger partial charge in [-0.25, -0.2) is 0 Å². The van der Waals surface area contributed by atoms with Crippen molar-refractivity contribution in [3.63, 3.8) is 0 Å². The van der Waals surface area contributed by atoms with E-state index in [-0.39, 0.29) is 11.8 Å². The zero-order valence-corrected chi connectivity index (χ0v) is 12.2. The maximum atomic E-state index is 11.9. The van der Waals surface area contributed by atoms with Gasteiger partial charge in [-0.15, -0.1) is 12.3 Å². The van der Waals surface area contributed by atoms with Crippen LogP contribution in [0.25, 0.3) is 0 Å². The molecule has 1 aromatic rings. The Balaban J connectivity index is 2.30. The van der Waals surface area contributed by atoms with E-state index < -0.39 is 0 Å². The molecule has 0 bridgehead atoms. The molecule has 0 spiro atoms. The molecule has 3 heteroatoms. The van der Waals surface area contributed by atoms with Gasteiger partial charge >= 0.3 is 0 Å². The monoisotopic (exact) mass is 305 g/mol. The molecule has 1 unspecified atom stereocenters.